The molecule has 1 saturated carbocycles. The summed E-state index contributed by atoms with van der Waals surface area (Å²) in [6.07, 6.45) is 5.69. The Morgan fingerprint density at radius 2 is 2.06 bits per heavy atom. The maximum absolute atomic E-state index is 6.44. The van der Waals surface area contributed by atoms with Gasteiger partial charge < -0.3 is 10.5 Å². The Kier molecular flexibility index (Phi) is 3.85. The first kappa shape index (κ1) is 12.6. The zero-order valence-corrected chi connectivity index (χ0v) is 10.9. The van der Waals surface area contributed by atoms with Crippen LogP contribution >= 0.6 is 0 Å². The monoisotopic (exact) mass is 233 g/mol. The lowest BCUT2D eigenvalue weighted by Crippen LogP contribution is -2.40. The minimum Gasteiger partial charge on any atom is -0.376 e. The van der Waals surface area contributed by atoms with Crippen LogP contribution in [0.5, 0.6) is 0 Å². The van der Waals surface area contributed by atoms with E-state index in [2.05, 4.69) is 31.2 Å². The predicted octanol–water partition coefficient (Wildman–Crippen LogP) is 3.21. The molecular weight excluding hydrogens is 210 g/mol. The van der Waals surface area contributed by atoms with Crippen molar-refractivity contribution in [2.75, 3.05) is 7.11 Å². The van der Waals surface area contributed by atoms with Gasteiger partial charge in [0, 0.05) is 7.11 Å². The average Bonchev–Trinajstić information content (AvgIpc) is 2.88. The van der Waals surface area contributed by atoms with E-state index in [4.69, 9.17) is 10.5 Å². The first-order valence-corrected chi connectivity index (χ1v) is 6.61. The fourth-order valence-electron chi connectivity index (χ4n) is 2.93. The van der Waals surface area contributed by atoms with Crippen LogP contribution in [0.2, 0.25) is 0 Å². The van der Waals surface area contributed by atoms with Crippen molar-refractivity contribution < 1.29 is 4.74 Å². The van der Waals surface area contributed by atoms with Crippen LogP contribution in [0.15, 0.2) is 24.3 Å². The minimum atomic E-state index is -0.133. The average molecular weight is 233 g/mol. The van der Waals surface area contributed by atoms with Crippen LogP contribution in [0.25, 0.3) is 0 Å². The van der Waals surface area contributed by atoms with Gasteiger partial charge in [0.05, 0.1) is 11.6 Å². The molecule has 1 atom stereocenters. The Hall–Kier alpha value is -0.860. The Balaban J connectivity index is 2.25. The highest BCUT2D eigenvalue weighted by Crippen LogP contribution is 2.41. The maximum Gasteiger partial charge on any atom is 0.0870 e. The summed E-state index contributed by atoms with van der Waals surface area (Å²) < 4.78 is 5.76. The van der Waals surface area contributed by atoms with Gasteiger partial charge in [0.25, 0.3) is 0 Å². The summed E-state index contributed by atoms with van der Waals surface area (Å²) in [6.45, 7) is 2.17. The molecule has 0 radical (unpaired) electrons. The standard InChI is InChI=1S/C15H23NO/c1-3-12-7-6-8-13(11-12)14(16)15(17-2)9-4-5-10-15/h6-8,11,14H,3-5,9-10,16H2,1-2H3. The lowest BCUT2D eigenvalue weighted by atomic mass is 9.86. The zero-order valence-electron chi connectivity index (χ0n) is 10.9. The van der Waals surface area contributed by atoms with Crippen molar-refractivity contribution in [2.45, 2.75) is 50.7 Å². The quantitative estimate of drug-likeness (QED) is 0.866. The predicted molar refractivity (Wildman–Crippen MR) is 71.0 cm³/mol. The second-order valence-corrected chi connectivity index (χ2v) is 5.05. The Bertz CT molecular complexity index is 369. The third-order valence-electron chi connectivity index (χ3n) is 4.14. The summed E-state index contributed by atoms with van der Waals surface area (Å²) in [5.74, 6) is 0. The first-order chi connectivity index (χ1) is 8.22. The van der Waals surface area contributed by atoms with E-state index in [9.17, 15) is 0 Å². The van der Waals surface area contributed by atoms with E-state index in [1.807, 2.05) is 0 Å². The second-order valence-electron chi connectivity index (χ2n) is 5.05. The molecule has 0 spiro atoms. The van der Waals surface area contributed by atoms with Crippen LogP contribution in [0.3, 0.4) is 0 Å². The smallest absolute Gasteiger partial charge is 0.0870 e. The van der Waals surface area contributed by atoms with Crippen LogP contribution in [0.4, 0.5) is 0 Å². The number of hydrogen-bond acceptors (Lipinski definition) is 2. The van der Waals surface area contributed by atoms with Crippen LogP contribution in [-0.4, -0.2) is 12.7 Å². The van der Waals surface area contributed by atoms with Gasteiger partial charge in [-0.2, -0.15) is 0 Å². The molecular formula is C15H23NO. The summed E-state index contributed by atoms with van der Waals surface area (Å²) in [6, 6.07) is 8.62. The molecule has 0 aliphatic heterocycles. The van der Waals surface area contributed by atoms with Gasteiger partial charge in [-0.05, 0) is 30.4 Å². The van der Waals surface area contributed by atoms with Crippen molar-refractivity contribution in [1.82, 2.24) is 0 Å². The van der Waals surface area contributed by atoms with Crippen LogP contribution in [-0.2, 0) is 11.2 Å². The van der Waals surface area contributed by atoms with Gasteiger partial charge in [-0.15, -0.1) is 0 Å². The van der Waals surface area contributed by atoms with E-state index >= 15 is 0 Å². The zero-order chi connectivity index (χ0) is 12.3. The van der Waals surface area contributed by atoms with Crippen LogP contribution < -0.4 is 5.73 Å². The van der Waals surface area contributed by atoms with Gasteiger partial charge in [0.2, 0.25) is 0 Å². The number of methoxy groups -OCH3 is 1. The van der Waals surface area contributed by atoms with Gasteiger partial charge in [0.15, 0.2) is 0 Å². The molecule has 1 fully saturated rings. The van der Waals surface area contributed by atoms with Gasteiger partial charge in [0.1, 0.15) is 0 Å². The molecule has 94 valence electrons. The van der Waals surface area contributed by atoms with E-state index in [1.54, 1.807) is 7.11 Å². The molecule has 2 heteroatoms. The summed E-state index contributed by atoms with van der Waals surface area (Å²) in [4.78, 5) is 0. The highest BCUT2D eigenvalue weighted by atomic mass is 16.5. The van der Waals surface area contributed by atoms with Crippen molar-refractivity contribution in [2.24, 2.45) is 5.73 Å². The van der Waals surface area contributed by atoms with Crippen molar-refractivity contribution in [3.8, 4) is 0 Å². The van der Waals surface area contributed by atoms with E-state index in [1.165, 1.54) is 24.0 Å². The van der Waals surface area contributed by atoms with Crippen molar-refractivity contribution in [3.05, 3.63) is 35.4 Å². The molecule has 0 aromatic heterocycles. The maximum atomic E-state index is 6.44. The van der Waals surface area contributed by atoms with E-state index in [0.717, 1.165) is 19.3 Å². The fraction of sp³-hybridized carbons (Fsp3) is 0.600. The summed E-state index contributed by atoms with van der Waals surface area (Å²) >= 11 is 0. The van der Waals surface area contributed by atoms with E-state index in [0.29, 0.717) is 0 Å². The molecule has 0 bridgehead atoms. The Morgan fingerprint density at radius 1 is 1.35 bits per heavy atom. The third-order valence-corrected chi connectivity index (χ3v) is 4.14. The van der Waals surface area contributed by atoms with Crippen LogP contribution in [0.1, 0.15) is 49.8 Å². The SMILES string of the molecule is CCc1cccc(C(N)C2(OC)CCCC2)c1. The molecule has 1 aliphatic rings. The molecule has 1 aromatic rings. The molecule has 1 aliphatic carbocycles. The van der Waals surface area contributed by atoms with E-state index in [-0.39, 0.29) is 11.6 Å². The Morgan fingerprint density at radius 3 is 2.65 bits per heavy atom. The second kappa shape index (κ2) is 5.19. The summed E-state index contributed by atoms with van der Waals surface area (Å²) in [5.41, 5.74) is 8.88. The number of benzene rings is 1. The van der Waals surface area contributed by atoms with Crippen molar-refractivity contribution >= 4 is 0 Å². The molecule has 0 saturated heterocycles. The molecule has 0 amide bonds. The fourth-order valence-corrected chi connectivity index (χ4v) is 2.93. The van der Waals surface area contributed by atoms with Gasteiger partial charge >= 0.3 is 0 Å². The van der Waals surface area contributed by atoms with Crippen LogP contribution in [0, 0.1) is 0 Å². The molecule has 1 unspecified atom stereocenters. The number of ether oxygens (including phenoxy) is 1. The van der Waals surface area contributed by atoms with Gasteiger partial charge in [-0.1, -0.05) is 44.0 Å². The van der Waals surface area contributed by atoms with Gasteiger partial charge in [-0.25, -0.2) is 0 Å². The largest absolute Gasteiger partial charge is 0.376 e. The molecule has 0 heterocycles. The highest BCUT2D eigenvalue weighted by molar-refractivity contribution is 5.28. The molecule has 2 N–H and O–H groups in total. The first-order valence-electron chi connectivity index (χ1n) is 6.61. The molecule has 2 nitrogen and oxygen atoms in total. The molecule has 2 rings (SSSR count). The van der Waals surface area contributed by atoms with E-state index < -0.39 is 0 Å². The number of rotatable bonds is 4. The highest BCUT2D eigenvalue weighted by Gasteiger charge is 2.40. The van der Waals surface area contributed by atoms with Crippen molar-refractivity contribution in [1.29, 1.82) is 0 Å². The number of aryl methyl sites for hydroxylation is 1. The summed E-state index contributed by atoms with van der Waals surface area (Å²) in [5, 5.41) is 0. The number of hydrogen-bond donors (Lipinski definition) is 1. The normalized spacial score (nSPS) is 20.4. The molecule has 17 heavy (non-hydrogen) atoms. The number of nitrogens with two attached hydrogens (primary N) is 1. The summed E-state index contributed by atoms with van der Waals surface area (Å²) in [7, 11) is 1.80. The molecule has 1 aromatic carbocycles. The lowest BCUT2D eigenvalue weighted by molar-refractivity contribution is -0.0264. The third kappa shape index (κ3) is 2.38. The lowest BCUT2D eigenvalue weighted by Gasteiger charge is -2.34. The Labute approximate surface area is 104 Å². The van der Waals surface area contributed by atoms with Crippen molar-refractivity contribution in [3.63, 3.8) is 0 Å². The van der Waals surface area contributed by atoms with Gasteiger partial charge in [-0.3, -0.25) is 0 Å². The minimum absolute atomic E-state index is 0.00139. The topological polar surface area (TPSA) is 35.2 Å².